The molecule has 1 unspecified atom stereocenters. The molecular weight excluding hydrogens is 415 g/mol. The van der Waals surface area contributed by atoms with Crippen molar-refractivity contribution in [1.29, 1.82) is 0 Å². The van der Waals surface area contributed by atoms with Gasteiger partial charge in [0.25, 0.3) is 17.5 Å². The van der Waals surface area contributed by atoms with Crippen molar-refractivity contribution in [1.82, 2.24) is 4.90 Å². The maximum absolute atomic E-state index is 13.3. The van der Waals surface area contributed by atoms with Gasteiger partial charge in [-0.3, -0.25) is 19.7 Å². The Kier molecular flexibility index (Phi) is 5.80. The van der Waals surface area contributed by atoms with E-state index in [9.17, 15) is 24.1 Å². The molecule has 0 saturated carbocycles. The van der Waals surface area contributed by atoms with Crippen LogP contribution < -0.4 is 0 Å². The number of aliphatic imine (C=N–C) groups is 2. The maximum atomic E-state index is 13.3. The van der Waals surface area contributed by atoms with Gasteiger partial charge in [0.15, 0.2) is 5.84 Å². The largest absolute Gasteiger partial charge is 0.327 e. The number of benzene rings is 2. The Hall–Kier alpha value is -4.27. The number of nitro groups is 1. The number of nitro benzene ring substituents is 1. The molecule has 1 heterocycles. The first-order valence-electron chi connectivity index (χ1n) is 9.74. The summed E-state index contributed by atoms with van der Waals surface area (Å²) in [5.41, 5.74) is 1.30. The van der Waals surface area contributed by atoms with Gasteiger partial charge in [0, 0.05) is 24.2 Å². The van der Waals surface area contributed by atoms with E-state index in [4.69, 9.17) is 0 Å². The predicted molar refractivity (Wildman–Crippen MR) is 116 cm³/mol. The smallest absolute Gasteiger partial charge is 0.269 e. The van der Waals surface area contributed by atoms with Gasteiger partial charge in [0.2, 0.25) is 0 Å². The van der Waals surface area contributed by atoms with E-state index in [1.54, 1.807) is 36.4 Å². The molecule has 2 aliphatic rings. The fourth-order valence-corrected chi connectivity index (χ4v) is 3.38. The molecule has 2 aromatic carbocycles. The molecular formula is C23H17FN4O4. The Balaban J connectivity index is 1.62. The van der Waals surface area contributed by atoms with Crippen LogP contribution in [0.2, 0.25) is 0 Å². The van der Waals surface area contributed by atoms with Gasteiger partial charge in [0.1, 0.15) is 11.7 Å². The third kappa shape index (κ3) is 4.56. The third-order valence-corrected chi connectivity index (χ3v) is 5.00. The number of halogens is 1. The molecule has 9 heteroatoms. The highest BCUT2D eigenvalue weighted by Crippen LogP contribution is 2.19. The number of amides is 2. The van der Waals surface area contributed by atoms with Gasteiger partial charge in [0.05, 0.1) is 17.2 Å². The van der Waals surface area contributed by atoms with Crippen molar-refractivity contribution in [3.05, 3.63) is 99.9 Å². The summed E-state index contributed by atoms with van der Waals surface area (Å²) in [6.45, 7) is 0.0417. The lowest BCUT2D eigenvalue weighted by Gasteiger charge is -2.25. The highest BCUT2D eigenvalue weighted by Gasteiger charge is 2.28. The number of allylic oxidation sites excluding steroid dienone is 3. The van der Waals surface area contributed by atoms with Crippen LogP contribution in [0.3, 0.4) is 0 Å². The van der Waals surface area contributed by atoms with E-state index in [0.29, 0.717) is 11.3 Å². The van der Waals surface area contributed by atoms with Crippen LogP contribution in [0, 0.1) is 21.8 Å². The van der Waals surface area contributed by atoms with E-state index in [0.717, 1.165) is 0 Å². The fourth-order valence-electron chi connectivity index (χ4n) is 3.38. The number of hydrogen-bond donors (Lipinski definition) is 0. The van der Waals surface area contributed by atoms with Crippen molar-refractivity contribution < 1.29 is 18.9 Å². The zero-order valence-electron chi connectivity index (χ0n) is 16.7. The highest BCUT2D eigenvalue weighted by atomic mass is 19.1. The lowest BCUT2D eigenvalue weighted by Crippen LogP contribution is -2.37. The van der Waals surface area contributed by atoms with Crippen molar-refractivity contribution in [2.24, 2.45) is 15.9 Å². The Morgan fingerprint density at radius 1 is 1.03 bits per heavy atom. The van der Waals surface area contributed by atoms with Gasteiger partial charge < -0.3 is 4.90 Å². The quantitative estimate of drug-likeness (QED) is 0.514. The molecule has 1 aliphatic heterocycles. The van der Waals surface area contributed by atoms with Gasteiger partial charge >= 0.3 is 0 Å². The second-order valence-corrected chi connectivity index (χ2v) is 7.22. The van der Waals surface area contributed by atoms with Crippen molar-refractivity contribution >= 4 is 29.0 Å². The van der Waals surface area contributed by atoms with Crippen molar-refractivity contribution in [3.63, 3.8) is 0 Å². The van der Waals surface area contributed by atoms with Gasteiger partial charge in [-0.2, -0.15) is 4.99 Å². The molecule has 0 N–H and O–H groups in total. The molecule has 0 radical (unpaired) electrons. The summed E-state index contributed by atoms with van der Waals surface area (Å²) in [6, 6.07) is 10.9. The number of carbonyl (C=O) groups is 2. The van der Waals surface area contributed by atoms with Gasteiger partial charge in [-0.05, 0) is 35.9 Å². The van der Waals surface area contributed by atoms with E-state index >= 15 is 0 Å². The fraction of sp³-hybridized carbons (Fsp3) is 0.130. The van der Waals surface area contributed by atoms with Crippen LogP contribution in [-0.2, 0) is 11.3 Å². The molecule has 2 aromatic rings. The minimum Gasteiger partial charge on any atom is -0.327 e. The number of carbonyl (C=O) groups excluding carboxylic acids is 2. The predicted octanol–water partition coefficient (Wildman–Crippen LogP) is 3.50. The third-order valence-electron chi connectivity index (χ3n) is 5.00. The maximum Gasteiger partial charge on any atom is 0.269 e. The molecule has 2 amide bonds. The van der Waals surface area contributed by atoms with Gasteiger partial charge in [-0.15, -0.1) is 0 Å². The number of amidine groups is 1. The Morgan fingerprint density at radius 2 is 1.75 bits per heavy atom. The molecule has 4 rings (SSSR count). The summed E-state index contributed by atoms with van der Waals surface area (Å²) < 4.78 is 13.3. The van der Waals surface area contributed by atoms with E-state index in [-0.39, 0.29) is 36.1 Å². The Morgan fingerprint density at radius 3 is 2.44 bits per heavy atom. The zero-order chi connectivity index (χ0) is 22.7. The number of non-ortho nitro benzene ring substituents is 1. The topological polar surface area (TPSA) is 105 Å². The highest BCUT2D eigenvalue weighted by molar-refractivity contribution is 6.21. The molecule has 0 fully saturated rings. The van der Waals surface area contributed by atoms with Crippen LogP contribution in [0.1, 0.15) is 15.9 Å². The zero-order valence-corrected chi connectivity index (χ0v) is 16.7. The molecule has 160 valence electrons. The standard InChI is InChI=1S/C23H17FN4O4/c24-17-9-5-15(6-10-17)13-27(23(30)16-7-11-18(12-8-16)28(31)32)14-21-25-20-4-2-1-3-19(20)22(29)26-21/h1-12,19H,13-14H2. The summed E-state index contributed by atoms with van der Waals surface area (Å²) in [6.07, 6.45) is 6.95. The number of rotatable bonds is 6. The van der Waals surface area contributed by atoms with Crippen molar-refractivity contribution in [3.8, 4) is 0 Å². The molecule has 1 atom stereocenters. The summed E-state index contributed by atoms with van der Waals surface area (Å²) >= 11 is 0. The first-order valence-corrected chi connectivity index (χ1v) is 9.74. The molecule has 8 nitrogen and oxygen atoms in total. The van der Waals surface area contributed by atoms with E-state index in [1.165, 1.54) is 41.3 Å². The second-order valence-electron chi connectivity index (χ2n) is 7.22. The van der Waals surface area contributed by atoms with Crippen LogP contribution in [-0.4, -0.2) is 39.7 Å². The van der Waals surface area contributed by atoms with Crippen molar-refractivity contribution in [2.75, 3.05) is 6.54 Å². The SMILES string of the molecule is O=C1N=C(CN(Cc2ccc(F)cc2)C(=O)c2ccc([N+](=O)[O-])cc2)N=C2C=CC=CC12. The summed E-state index contributed by atoms with van der Waals surface area (Å²) in [7, 11) is 0. The lowest BCUT2D eigenvalue weighted by molar-refractivity contribution is -0.384. The molecule has 0 bridgehead atoms. The molecule has 0 saturated heterocycles. The van der Waals surface area contributed by atoms with Crippen LogP contribution >= 0.6 is 0 Å². The lowest BCUT2D eigenvalue weighted by atomic mass is 9.96. The summed E-state index contributed by atoms with van der Waals surface area (Å²) in [5.74, 6) is -1.55. The van der Waals surface area contributed by atoms with Gasteiger partial charge in [-0.25, -0.2) is 9.38 Å². The van der Waals surface area contributed by atoms with Crippen LogP contribution in [0.15, 0.2) is 82.8 Å². The van der Waals surface area contributed by atoms with Crippen molar-refractivity contribution in [2.45, 2.75) is 6.54 Å². The van der Waals surface area contributed by atoms with Gasteiger partial charge in [-0.1, -0.05) is 30.4 Å². The number of fused-ring (bicyclic) bond motifs is 1. The Bertz CT molecular complexity index is 1200. The Labute approximate surface area is 182 Å². The summed E-state index contributed by atoms with van der Waals surface area (Å²) in [4.78, 5) is 45.8. The summed E-state index contributed by atoms with van der Waals surface area (Å²) in [5, 5.41) is 10.9. The van der Waals surface area contributed by atoms with E-state index < -0.39 is 22.6 Å². The number of nitrogens with zero attached hydrogens (tertiary/aromatic N) is 4. The van der Waals surface area contributed by atoms with Crippen LogP contribution in [0.5, 0.6) is 0 Å². The first kappa shape index (κ1) is 21.0. The molecule has 32 heavy (non-hydrogen) atoms. The minimum absolute atomic E-state index is 0.0628. The van der Waals surface area contributed by atoms with Crippen LogP contribution in [0.25, 0.3) is 0 Å². The minimum atomic E-state index is -0.550. The number of hydrogen-bond acceptors (Lipinski definition) is 5. The average Bonchev–Trinajstić information content (AvgIpc) is 2.80. The first-order chi connectivity index (χ1) is 15.4. The molecule has 0 spiro atoms. The second kappa shape index (κ2) is 8.84. The average molecular weight is 432 g/mol. The normalized spacial score (nSPS) is 16.8. The van der Waals surface area contributed by atoms with Crippen LogP contribution in [0.4, 0.5) is 10.1 Å². The monoisotopic (exact) mass is 432 g/mol. The molecule has 1 aliphatic carbocycles. The van der Waals surface area contributed by atoms with E-state index in [2.05, 4.69) is 9.98 Å². The molecule has 0 aromatic heterocycles. The van der Waals surface area contributed by atoms with E-state index in [1.807, 2.05) is 0 Å².